The van der Waals surface area contributed by atoms with Crippen LogP contribution in [0.2, 0.25) is 0 Å². The highest BCUT2D eigenvalue weighted by atomic mass is 16.5. The van der Waals surface area contributed by atoms with Crippen LogP contribution in [0.25, 0.3) is 0 Å². The van der Waals surface area contributed by atoms with Gasteiger partial charge in [0.1, 0.15) is 0 Å². The smallest absolute Gasteiger partial charge is 0.337 e. The third kappa shape index (κ3) is 5.93. The second kappa shape index (κ2) is 9.88. The van der Waals surface area contributed by atoms with Gasteiger partial charge in [0, 0.05) is 12.6 Å². The topological polar surface area (TPSA) is 67.4 Å². The van der Waals surface area contributed by atoms with Crippen LogP contribution in [0.5, 0.6) is 0 Å². The Kier molecular flexibility index (Phi) is 7.55. The van der Waals surface area contributed by atoms with Crippen molar-refractivity contribution in [2.45, 2.75) is 45.8 Å². The molecule has 27 heavy (non-hydrogen) atoms. The molecule has 2 aromatic carbocycles. The molecule has 0 saturated carbocycles. The van der Waals surface area contributed by atoms with Gasteiger partial charge in [-0.05, 0) is 49.1 Å². The van der Waals surface area contributed by atoms with Crippen molar-refractivity contribution in [3.05, 3.63) is 70.8 Å². The molecule has 144 valence electrons. The lowest BCUT2D eigenvalue weighted by Gasteiger charge is -2.20. The van der Waals surface area contributed by atoms with E-state index in [1.165, 1.54) is 12.7 Å². The second-order valence-corrected chi connectivity index (χ2v) is 6.61. The average molecular weight is 368 g/mol. The minimum atomic E-state index is -0.371. The number of ether oxygens (including phenoxy) is 1. The van der Waals surface area contributed by atoms with Gasteiger partial charge in [0.15, 0.2) is 0 Å². The van der Waals surface area contributed by atoms with Crippen LogP contribution >= 0.6 is 0 Å². The minimum absolute atomic E-state index is 0.0657. The van der Waals surface area contributed by atoms with Crippen molar-refractivity contribution in [2.24, 2.45) is 0 Å². The predicted octanol–water partition coefficient (Wildman–Crippen LogP) is 3.39. The highest BCUT2D eigenvalue weighted by molar-refractivity contribution is 5.89. The Hall–Kier alpha value is -2.66. The first-order chi connectivity index (χ1) is 12.9. The molecule has 0 heterocycles. The highest BCUT2D eigenvalue weighted by Crippen LogP contribution is 2.14. The number of nitrogens with one attached hydrogen (secondary N) is 2. The molecule has 5 heteroatoms. The average Bonchev–Trinajstić information content (AvgIpc) is 2.71. The normalized spacial score (nSPS) is 12.9. The van der Waals surface area contributed by atoms with Crippen molar-refractivity contribution in [1.82, 2.24) is 10.6 Å². The predicted molar refractivity (Wildman–Crippen MR) is 106 cm³/mol. The highest BCUT2D eigenvalue weighted by Gasteiger charge is 2.16. The summed E-state index contributed by atoms with van der Waals surface area (Å²) in [6.07, 6.45) is 1.02. The molecule has 2 unspecified atom stereocenters. The van der Waals surface area contributed by atoms with Gasteiger partial charge < -0.3 is 10.1 Å². The van der Waals surface area contributed by atoms with Crippen LogP contribution in [0.3, 0.4) is 0 Å². The van der Waals surface area contributed by atoms with Crippen molar-refractivity contribution >= 4 is 11.9 Å². The van der Waals surface area contributed by atoms with Gasteiger partial charge in [-0.2, -0.15) is 0 Å². The number of hydrogen-bond acceptors (Lipinski definition) is 4. The molecule has 0 aliphatic carbocycles. The van der Waals surface area contributed by atoms with E-state index in [0.29, 0.717) is 12.1 Å². The molecule has 0 bridgehead atoms. The zero-order chi connectivity index (χ0) is 19.8. The summed E-state index contributed by atoms with van der Waals surface area (Å²) in [6.45, 7) is 6.45. The molecule has 0 radical (unpaired) electrons. The SMILES string of the molecule is CCc1ccc(C(C)NC(C)C(=O)NCc2ccc(C(=O)OC)cc2)cc1. The summed E-state index contributed by atoms with van der Waals surface area (Å²) in [7, 11) is 1.35. The van der Waals surface area contributed by atoms with Crippen molar-refractivity contribution in [1.29, 1.82) is 0 Å². The molecule has 2 aromatic rings. The molecule has 0 aliphatic heterocycles. The van der Waals surface area contributed by atoms with Gasteiger partial charge in [0.25, 0.3) is 0 Å². The van der Waals surface area contributed by atoms with Gasteiger partial charge in [-0.1, -0.05) is 43.3 Å². The Morgan fingerprint density at radius 3 is 2.11 bits per heavy atom. The van der Waals surface area contributed by atoms with E-state index in [9.17, 15) is 9.59 Å². The zero-order valence-corrected chi connectivity index (χ0v) is 16.4. The number of hydrogen-bond donors (Lipinski definition) is 2. The lowest BCUT2D eigenvalue weighted by atomic mass is 10.0. The molecular formula is C22H28N2O3. The van der Waals surface area contributed by atoms with Crippen LogP contribution in [-0.4, -0.2) is 25.0 Å². The number of carbonyl (C=O) groups is 2. The molecule has 2 N–H and O–H groups in total. The third-order valence-corrected chi connectivity index (χ3v) is 4.62. The van der Waals surface area contributed by atoms with Gasteiger partial charge in [0.05, 0.1) is 18.7 Å². The summed E-state index contributed by atoms with van der Waals surface area (Å²) in [5, 5.41) is 6.25. The first-order valence-electron chi connectivity index (χ1n) is 9.24. The van der Waals surface area contributed by atoms with E-state index in [2.05, 4.69) is 53.5 Å². The van der Waals surface area contributed by atoms with Gasteiger partial charge in [0.2, 0.25) is 5.91 Å². The molecule has 2 atom stereocenters. The molecule has 2 rings (SSSR count). The summed E-state index contributed by atoms with van der Waals surface area (Å²) in [5.41, 5.74) is 3.87. The monoisotopic (exact) mass is 368 g/mol. The number of methoxy groups -OCH3 is 1. The number of esters is 1. The first kappa shape index (κ1) is 20.6. The summed E-state index contributed by atoms with van der Waals surface area (Å²) < 4.78 is 4.68. The van der Waals surface area contributed by atoms with E-state index in [1.807, 2.05) is 19.1 Å². The van der Waals surface area contributed by atoms with Gasteiger partial charge >= 0.3 is 5.97 Å². The van der Waals surface area contributed by atoms with E-state index in [1.54, 1.807) is 12.1 Å². The maximum Gasteiger partial charge on any atom is 0.337 e. The standard InChI is InChI=1S/C22H28N2O3/c1-5-17-6-10-19(11-7-17)15(2)24-16(3)21(25)23-14-18-8-12-20(13-9-18)22(26)27-4/h6-13,15-16,24H,5,14H2,1-4H3,(H,23,25). The fraction of sp³-hybridized carbons (Fsp3) is 0.364. The maximum absolute atomic E-state index is 12.4. The molecule has 0 fully saturated rings. The Balaban J connectivity index is 1.84. The van der Waals surface area contributed by atoms with E-state index < -0.39 is 0 Å². The molecule has 5 nitrogen and oxygen atoms in total. The Morgan fingerprint density at radius 1 is 0.963 bits per heavy atom. The number of carbonyl (C=O) groups excluding carboxylic acids is 2. The van der Waals surface area contributed by atoms with Crippen LogP contribution in [0.4, 0.5) is 0 Å². The molecule has 0 aromatic heterocycles. The molecule has 0 aliphatic rings. The summed E-state index contributed by atoms with van der Waals surface area (Å²) in [5.74, 6) is -0.437. The minimum Gasteiger partial charge on any atom is -0.465 e. The van der Waals surface area contributed by atoms with Gasteiger partial charge in [-0.3, -0.25) is 10.1 Å². The van der Waals surface area contributed by atoms with E-state index >= 15 is 0 Å². The van der Waals surface area contributed by atoms with Crippen molar-refractivity contribution in [2.75, 3.05) is 7.11 Å². The van der Waals surface area contributed by atoms with Crippen LogP contribution in [-0.2, 0) is 22.5 Å². The van der Waals surface area contributed by atoms with Crippen LogP contribution < -0.4 is 10.6 Å². The largest absolute Gasteiger partial charge is 0.465 e. The van der Waals surface area contributed by atoms with Crippen molar-refractivity contribution in [3.8, 4) is 0 Å². The third-order valence-electron chi connectivity index (χ3n) is 4.62. The van der Waals surface area contributed by atoms with Crippen LogP contribution in [0, 0.1) is 0 Å². The van der Waals surface area contributed by atoms with E-state index in [-0.39, 0.29) is 24.0 Å². The lowest BCUT2D eigenvalue weighted by Crippen LogP contribution is -2.42. The number of aryl methyl sites for hydroxylation is 1. The molecular weight excluding hydrogens is 340 g/mol. The quantitative estimate of drug-likeness (QED) is 0.701. The van der Waals surface area contributed by atoms with E-state index in [0.717, 1.165) is 17.5 Å². The Bertz CT molecular complexity index is 754. The maximum atomic E-state index is 12.4. The molecule has 1 amide bonds. The molecule has 0 spiro atoms. The van der Waals surface area contributed by atoms with Gasteiger partial charge in [-0.15, -0.1) is 0 Å². The first-order valence-corrected chi connectivity index (χ1v) is 9.24. The summed E-state index contributed by atoms with van der Waals surface area (Å²) in [6, 6.07) is 15.2. The zero-order valence-electron chi connectivity index (χ0n) is 16.4. The summed E-state index contributed by atoms with van der Waals surface area (Å²) >= 11 is 0. The van der Waals surface area contributed by atoms with Crippen LogP contribution in [0.15, 0.2) is 48.5 Å². The summed E-state index contributed by atoms with van der Waals surface area (Å²) in [4.78, 5) is 23.8. The number of amides is 1. The Labute approximate surface area is 161 Å². The number of rotatable bonds is 8. The fourth-order valence-corrected chi connectivity index (χ4v) is 2.81. The number of benzene rings is 2. The van der Waals surface area contributed by atoms with Crippen LogP contribution in [0.1, 0.15) is 53.9 Å². The molecule has 0 saturated heterocycles. The lowest BCUT2D eigenvalue weighted by molar-refractivity contribution is -0.123. The second-order valence-electron chi connectivity index (χ2n) is 6.61. The fourth-order valence-electron chi connectivity index (χ4n) is 2.81. The van der Waals surface area contributed by atoms with Crippen molar-refractivity contribution < 1.29 is 14.3 Å². The van der Waals surface area contributed by atoms with E-state index in [4.69, 9.17) is 0 Å². The van der Waals surface area contributed by atoms with Crippen molar-refractivity contribution in [3.63, 3.8) is 0 Å². The Morgan fingerprint density at radius 2 is 1.56 bits per heavy atom. The van der Waals surface area contributed by atoms with Gasteiger partial charge in [-0.25, -0.2) is 4.79 Å².